The zero-order valence-electron chi connectivity index (χ0n) is 7.45. The molecule has 0 radical (unpaired) electrons. The molecule has 12 heavy (non-hydrogen) atoms. The summed E-state index contributed by atoms with van der Waals surface area (Å²) in [6, 6.07) is 0. The largest absolute Gasteiger partial charge is 0.399 e. The summed E-state index contributed by atoms with van der Waals surface area (Å²) in [5, 5.41) is 8.61. The van der Waals surface area contributed by atoms with Crippen molar-refractivity contribution in [3.8, 4) is 0 Å². The van der Waals surface area contributed by atoms with Gasteiger partial charge in [0, 0.05) is 25.0 Å². The lowest BCUT2D eigenvalue weighted by molar-refractivity contribution is 0.249. The molecule has 0 saturated carbocycles. The van der Waals surface area contributed by atoms with Crippen LogP contribution in [0.5, 0.6) is 0 Å². The molecule has 0 rings (SSSR count). The van der Waals surface area contributed by atoms with Crippen molar-refractivity contribution in [1.82, 2.24) is 4.90 Å². The Balaban J connectivity index is 3.94. The normalized spacial score (nSPS) is 10.2. The van der Waals surface area contributed by atoms with Gasteiger partial charge in [-0.2, -0.15) is 0 Å². The van der Waals surface area contributed by atoms with E-state index in [9.17, 15) is 0 Å². The first-order valence-electron chi connectivity index (χ1n) is 3.71. The van der Waals surface area contributed by atoms with E-state index in [-0.39, 0.29) is 6.61 Å². The Morgan fingerprint density at radius 2 is 2.08 bits per heavy atom. The van der Waals surface area contributed by atoms with E-state index in [2.05, 4.69) is 13.2 Å². The van der Waals surface area contributed by atoms with Crippen molar-refractivity contribution in [2.75, 3.05) is 20.2 Å². The van der Waals surface area contributed by atoms with E-state index < -0.39 is 0 Å². The maximum atomic E-state index is 8.61. The summed E-state index contributed by atoms with van der Waals surface area (Å²) < 4.78 is 0. The summed E-state index contributed by atoms with van der Waals surface area (Å²) in [4.78, 5) is 1.83. The number of aliphatic hydroxyl groups excluding tert-OH is 1. The first-order chi connectivity index (χ1) is 5.57. The van der Waals surface area contributed by atoms with Gasteiger partial charge in [-0.3, -0.25) is 0 Å². The number of allylic oxidation sites excluding steroid dienone is 2. The average Bonchev–Trinajstić information content (AvgIpc) is 2.00. The third-order valence-electron chi connectivity index (χ3n) is 1.42. The molecular formula is C9H16N2O. The second-order valence-electron chi connectivity index (χ2n) is 2.54. The Bertz CT molecular complexity index is 197. The number of rotatable bonds is 5. The predicted molar refractivity (Wildman–Crippen MR) is 51.3 cm³/mol. The highest BCUT2D eigenvalue weighted by molar-refractivity contribution is 5.21. The van der Waals surface area contributed by atoms with Gasteiger partial charge >= 0.3 is 0 Å². The van der Waals surface area contributed by atoms with Gasteiger partial charge in [-0.15, -0.1) is 0 Å². The van der Waals surface area contributed by atoms with Gasteiger partial charge < -0.3 is 15.7 Å². The number of hydrogen-bond donors (Lipinski definition) is 2. The molecule has 0 aliphatic heterocycles. The highest BCUT2D eigenvalue weighted by Crippen LogP contribution is 1.99. The summed E-state index contributed by atoms with van der Waals surface area (Å²) in [7, 11) is 1.85. The van der Waals surface area contributed by atoms with E-state index >= 15 is 0 Å². The molecule has 0 bridgehead atoms. The topological polar surface area (TPSA) is 49.5 Å². The second-order valence-corrected chi connectivity index (χ2v) is 2.54. The molecule has 0 aromatic heterocycles. The molecule has 0 aliphatic rings. The van der Waals surface area contributed by atoms with Crippen LogP contribution in [0, 0.1) is 0 Å². The second kappa shape index (κ2) is 5.43. The lowest BCUT2D eigenvalue weighted by atomic mass is 10.3. The standard InChI is InChI=1S/C9H16N2O/c1-8(10)4-5-9(2)11(3)6-7-12/h4-5,12H,1-2,6-7,10H2,3H3/b5-4-. The summed E-state index contributed by atoms with van der Waals surface area (Å²) in [5.74, 6) is 0. The Kier molecular flexibility index (Phi) is 4.88. The van der Waals surface area contributed by atoms with E-state index in [1.165, 1.54) is 0 Å². The van der Waals surface area contributed by atoms with Crippen LogP contribution < -0.4 is 5.73 Å². The number of nitrogens with zero attached hydrogens (tertiary/aromatic N) is 1. The third-order valence-corrected chi connectivity index (χ3v) is 1.42. The van der Waals surface area contributed by atoms with Crippen molar-refractivity contribution in [2.24, 2.45) is 5.73 Å². The van der Waals surface area contributed by atoms with Crippen molar-refractivity contribution < 1.29 is 5.11 Å². The Hall–Kier alpha value is -1.22. The van der Waals surface area contributed by atoms with Crippen molar-refractivity contribution >= 4 is 0 Å². The fourth-order valence-corrected chi connectivity index (χ4v) is 0.624. The van der Waals surface area contributed by atoms with Crippen molar-refractivity contribution in [2.45, 2.75) is 0 Å². The van der Waals surface area contributed by atoms with Crippen LogP contribution in [0.1, 0.15) is 0 Å². The maximum absolute atomic E-state index is 8.61. The van der Waals surface area contributed by atoms with Gasteiger partial charge in [-0.05, 0) is 12.2 Å². The zero-order valence-corrected chi connectivity index (χ0v) is 7.45. The molecule has 0 aromatic carbocycles. The molecule has 0 amide bonds. The summed E-state index contributed by atoms with van der Waals surface area (Å²) in [6.45, 7) is 7.98. The molecule has 3 nitrogen and oxygen atoms in total. The summed E-state index contributed by atoms with van der Waals surface area (Å²) >= 11 is 0. The molecule has 0 unspecified atom stereocenters. The van der Waals surface area contributed by atoms with E-state index in [0.717, 1.165) is 5.70 Å². The summed E-state index contributed by atoms with van der Waals surface area (Å²) in [5.41, 5.74) is 6.62. The van der Waals surface area contributed by atoms with E-state index in [1.54, 1.807) is 12.2 Å². The van der Waals surface area contributed by atoms with Crippen molar-refractivity contribution in [3.05, 3.63) is 36.7 Å². The van der Waals surface area contributed by atoms with E-state index in [4.69, 9.17) is 10.8 Å². The van der Waals surface area contributed by atoms with Gasteiger partial charge in [0.05, 0.1) is 6.61 Å². The van der Waals surface area contributed by atoms with Crippen LogP contribution in [-0.2, 0) is 0 Å². The fourth-order valence-electron chi connectivity index (χ4n) is 0.624. The molecule has 0 atom stereocenters. The summed E-state index contributed by atoms with van der Waals surface area (Å²) in [6.07, 6.45) is 3.44. The average molecular weight is 168 g/mol. The van der Waals surface area contributed by atoms with E-state index in [0.29, 0.717) is 12.2 Å². The molecule has 0 fully saturated rings. The number of aliphatic hydroxyl groups is 1. The highest BCUT2D eigenvalue weighted by Gasteiger charge is 1.95. The number of hydrogen-bond acceptors (Lipinski definition) is 3. The predicted octanol–water partition coefficient (Wildman–Crippen LogP) is 0.453. The molecule has 68 valence electrons. The van der Waals surface area contributed by atoms with Gasteiger partial charge in [-0.1, -0.05) is 13.2 Å². The molecule has 0 spiro atoms. The van der Waals surface area contributed by atoms with Crippen LogP contribution in [0.4, 0.5) is 0 Å². The Morgan fingerprint density at radius 1 is 1.50 bits per heavy atom. The minimum Gasteiger partial charge on any atom is -0.399 e. The smallest absolute Gasteiger partial charge is 0.0606 e. The molecule has 0 aliphatic carbocycles. The highest BCUT2D eigenvalue weighted by atomic mass is 16.3. The van der Waals surface area contributed by atoms with Gasteiger partial charge in [0.2, 0.25) is 0 Å². The van der Waals surface area contributed by atoms with Crippen LogP contribution in [0.25, 0.3) is 0 Å². The van der Waals surface area contributed by atoms with E-state index in [1.807, 2.05) is 11.9 Å². The SMILES string of the molecule is C=C(N)/C=C\C(=C)N(C)CCO. The van der Waals surface area contributed by atoms with Crippen LogP contribution in [0.15, 0.2) is 36.7 Å². The zero-order chi connectivity index (χ0) is 9.56. The molecule has 3 N–H and O–H groups in total. The van der Waals surface area contributed by atoms with Gasteiger partial charge in [-0.25, -0.2) is 0 Å². The monoisotopic (exact) mass is 168 g/mol. The Morgan fingerprint density at radius 3 is 2.50 bits per heavy atom. The lowest BCUT2D eigenvalue weighted by Crippen LogP contribution is -2.19. The minimum absolute atomic E-state index is 0.118. The quantitative estimate of drug-likeness (QED) is 0.586. The lowest BCUT2D eigenvalue weighted by Gasteiger charge is -2.17. The molecule has 0 saturated heterocycles. The van der Waals surface area contributed by atoms with Gasteiger partial charge in [0.15, 0.2) is 0 Å². The molecule has 0 aromatic rings. The van der Waals surface area contributed by atoms with Crippen LogP contribution in [-0.4, -0.2) is 30.2 Å². The van der Waals surface area contributed by atoms with Crippen molar-refractivity contribution in [1.29, 1.82) is 0 Å². The Labute approximate surface area is 73.5 Å². The third kappa shape index (κ3) is 4.57. The molecular weight excluding hydrogens is 152 g/mol. The minimum atomic E-state index is 0.118. The van der Waals surface area contributed by atoms with Crippen molar-refractivity contribution in [3.63, 3.8) is 0 Å². The first kappa shape index (κ1) is 10.8. The molecule has 0 heterocycles. The fraction of sp³-hybridized carbons (Fsp3) is 0.333. The van der Waals surface area contributed by atoms with Crippen LogP contribution in [0.2, 0.25) is 0 Å². The molecule has 3 heteroatoms. The van der Waals surface area contributed by atoms with Gasteiger partial charge in [0.25, 0.3) is 0 Å². The van der Waals surface area contributed by atoms with Crippen LogP contribution in [0.3, 0.4) is 0 Å². The maximum Gasteiger partial charge on any atom is 0.0606 e. The first-order valence-corrected chi connectivity index (χ1v) is 3.71. The van der Waals surface area contributed by atoms with Crippen LogP contribution >= 0.6 is 0 Å². The van der Waals surface area contributed by atoms with Gasteiger partial charge in [0.1, 0.15) is 0 Å². The number of nitrogens with two attached hydrogens (primary N) is 1. The number of likely N-dealkylation sites (N-methyl/N-ethyl adjacent to an activating group) is 1.